The third-order valence-electron chi connectivity index (χ3n) is 2.99. The van der Waals surface area contributed by atoms with Gasteiger partial charge in [-0.15, -0.1) is 11.3 Å². The number of nitrogens with two attached hydrogens (primary N) is 1. The van der Waals surface area contributed by atoms with E-state index in [1.54, 1.807) is 0 Å². The number of hydrogen-bond donors (Lipinski definition) is 2. The molecule has 3 N–H and O–H groups in total. The Labute approximate surface area is 146 Å². The van der Waals surface area contributed by atoms with Crippen molar-refractivity contribution in [2.75, 3.05) is 0 Å². The lowest BCUT2D eigenvalue weighted by atomic mass is 10.2. The van der Waals surface area contributed by atoms with Crippen molar-refractivity contribution >= 4 is 17.2 Å². The van der Waals surface area contributed by atoms with Crippen LogP contribution in [0.25, 0.3) is 10.4 Å². The second-order valence-corrected chi connectivity index (χ2v) is 5.88. The van der Waals surface area contributed by atoms with Crippen LogP contribution in [0.15, 0.2) is 24.4 Å². The molecule has 2 rings (SSSR count). The molecule has 0 fully saturated rings. The molecule has 2 heterocycles. The number of nitrogens with zero attached hydrogens (tertiary/aromatic N) is 3. The highest BCUT2D eigenvalue weighted by atomic mass is 32.1. The third-order valence-corrected chi connectivity index (χ3v) is 4.14. The number of halogens is 3. The van der Waals surface area contributed by atoms with Crippen LogP contribution in [-0.4, -0.2) is 20.8 Å². The van der Waals surface area contributed by atoms with Crippen molar-refractivity contribution < 1.29 is 17.9 Å². The highest BCUT2D eigenvalue weighted by molar-refractivity contribution is 7.15. The second-order valence-electron chi connectivity index (χ2n) is 4.88. The molecule has 0 aliphatic carbocycles. The van der Waals surface area contributed by atoms with Gasteiger partial charge in [-0.25, -0.2) is 15.0 Å². The predicted octanol–water partition coefficient (Wildman–Crippen LogP) is 3.73. The Bertz CT molecular complexity index is 783. The minimum Gasteiger partial charge on any atom is -0.422 e. The van der Waals surface area contributed by atoms with Gasteiger partial charge in [-0.05, 0) is 12.5 Å². The van der Waals surface area contributed by atoms with E-state index < -0.39 is 17.1 Å². The number of alkyl halides is 3. The number of nitrogens with one attached hydrogen (secondary N) is 1. The average molecular weight is 371 g/mol. The molecule has 0 unspecified atom stereocenters. The summed E-state index contributed by atoms with van der Waals surface area (Å²) in [4.78, 5) is 11.8. The van der Waals surface area contributed by atoms with E-state index in [1.807, 2.05) is 13.8 Å². The van der Waals surface area contributed by atoms with E-state index in [4.69, 9.17) is 15.9 Å². The Balaban J connectivity index is 2.47. The van der Waals surface area contributed by atoms with Crippen molar-refractivity contribution in [2.24, 2.45) is 5.73 Å². The molecule has 2 aromatic rings. The Morgan fingerprint density at radius 3 is 2.48 bits per heavy atom. The molecule has 134 valence electrons. The number of ether oxygens (including phenoxy) is 1. The Morgan fingerprint density at radius 2 is 1.96 bits per heavy atom. The molecule has 0 saturated carbocycles. The standard InChI is InChI=1S/C15H16F3N5OS/c1-3-5-9(19)24-13(20)11-12(25-14(23-11)15(16,17)18)8-6-21-10(4-2)22-7-8/h5-7,20H,3-4,19H2,1-2H3/b9-5+,20-13?. The number of allylic oxidation sites excluding steroid dienone is 1. The van der Waals surface area contributed by atoms with Crippen LogP contribution in [0, 0.1) is 5.41 Å². The molecule has 0 spiro atoms. The smallest absolute Gasteiger partial charge is 0.422 e. The number of rotatable bonds is 5. The van der Waals surface area contributed by atoms with Crippen molar-refractivity contribution in [1.29, 1.82) is 5.41 Å². The largest absolute Gasteiger partial charge is 0.443 e. The molecule has 0 radical (unpaired) electrons. The summed E-state index contributed by atoms with van der Waals surface area (Å²) in [5.74, 6) is -0.0755. The van der Waals surface area contributed by atoms with Gasteiger partial charge < -0.3 is 10.5 Å². The quantitative estimate of drug-likeness (QED) is 0.474. The lowest BCUT2D eigenvalue weighted by molar-refractivity contribution is -0.137. The second kappa shape index (κ2) is 7.60. The summed E-state index contributed by atoms with van der Waals surface area (Å²) >= 11 is 0.405. The predicted molar refractivity (Wildman–Crippen MR) is 88.0 cm³/mol. The van der Waals surface area contributed by atoms with Gasteiger partial charge in [0.1, 0.15) is 11.5 Å². The first-order valence-corrected chi connectivity index (χ1v) is 8.19. The molecule has 0 aromatic carbocycles. The normalized spacial score (nSPS) is 12.3. The summed E-state index contributed by atoms with van der Waals surface area (Å²) in [7, 11) is 0. The maximum absolute atomic E-state index is 13.0. The van der Waals surface area contributed by atoms with Crippen LogP contribution in [-0.2, 0) is 17.3 Å². The molecule has 0 bridgehead atoms. The van der Waals surface area contributed by atoms with Crippen LogP contribution in [0.1, 0.15) is 36.8 Å². The van der Waals surface area contributed by atoms with Crippen LogP contribution < -0.4 is 5.73 Å². The minimum absolute atomic E-state index is 0.0717. The first-order chi connectivity index (χ1) is 11.8. The summed E-state index contributed by atoms with van der Waals surface area (Å²) in [5.41, 5.74) is 5.64. The van der Waals surface area contributed by atoms with Crippen molar-refractivity contribution in [3.05, 3.63) is 40.9 Å². The van der Waals surface area contributed by atoms with Gasteiger partial charge in [0.2, 0.25) is 5.90 Å². The zero-order chi connectivity index (χ0) is 18.6. The lowest BCUT2D eigenvalue weighted by Crippen LogP contribution is -2.13. The molecule has 0 saturated heterocycles. The fraction of sp³-hybridized carbons (Fsp3) is 0.333. The Kier molecular flexibility index (Phi) is 5.73. The summed E-state index contributed by atoms with van der Waals surface area (Å²) < 4.78 is 44.2. The van der Waals surface area contributed by atoms with Crippen molar-refractivity contribution in [1.82, 2.24) is 15.0 Å². The molecule has 0 amide bonds. The van der Waals surface area contributed by atoms with E-state index in [1.165, 1.54) is 18.5 Å². The number of aryl methyl sites for hydroxylation is 1. The van der Waals surface area contributed by atoms with Gasteiger partial charge in [0.25, 0.3) is 0 Å². The van der Waals surface area contributed by atoms with Gasteiger partial charge in [0.15, 0.2) is 10.9 Å². The molecule has 2 aromatic heterocycles. The van der Waals surface area contributed by atoms with Crippen LogP contribution in [0.3, 0.4) is 0 Å². The third kappa shape index (κ3) is 4.53. The average Bonchev–Trinajstić information content (AvgIpc) is 3.00. The summed E-state index contributed by atoms with van der Waals surface area (Å²) in [5, 5.41) is 6.84. The molecule has 0 atom stereocenters. The molecular formula is C15H16F3N5OS. The van der Waals surface area contributed by atoms with Gasteiger partial charge in [-0.1, -0.05) is 13.8 Å². The van der Waals surface area contributed by atoms with Gasteiger partial charge in [-0.3, -0.25) is 5.41 Å². The number of thiazole rings is 1. The molecule has 0 aliphatic heterocycles. The highest BCUT2D eigenvalue weighted by Gasteiger charge is 2.37. The van der Waals surface area contributed by atoms with Crippen LogP contribution >= 0.6 is 11.3 Å². The highest BCUT2D eigenvalue weighted by Crippen LogP contribution is 2.38. The van der Waals surface area contributed by atoms with Crippen LogP contribution in [0.4, 0.5) is 13.2 Å². The topological polar surface area (TPSA) is 97.8 Å². The van der Waals surface area contributed by atoms with E-state index in [2.05, 4.69) is 15.0 Å². The molecule has 25 heavy (non-hydrogen) atoms. The summed E-state index contributed by atoms with van der Waals surface area (Å²) in [6, 6.07) is 0. The van der Waals surface area contributed by atoms with Gasteiger partial charge in [0, 0.05) is 24.4 Å². The summed E-state index contributed by atoms with van der Waals surface area (Å²) in [6.45, 7) is 3.67. The fourth-order valence-corrected chi connectivity index (χ4v) is 2.76. The van der Waals surface area contributed by atoms with Crippen molar-refractivity contribution in [2.45, 2.75) is 32.9 Å². The van der Waals surface area contributed by atoms with Gasteiger partial charge in [0.05, 0.1) is 4.88 Å². The van der Waals surface area contributed by atoms with Crippen LogP contribution in [0.5, 0.6) is 0 Å². The molecule has 0 aliphatic rings. The zero-order valence-corrected chi connectivity index (χ0v) is 14.3. The minimum atomic E-state index is -4.63. The van der Waals surface area contributed by atoms with E-state index in [-0.39, 0.29) is 16.5 Å². The van der Waals surface area contributed by atoms with Crippen molar-refractivity contribution in [3.8, 4) is 10.4 Å². The maximum Gasteiger partial charge on any atom is 0.443 e. The monoisotopic (exact) mass is 371 g/mol. The number of aromatic nitrogens is 3. The van der Waals surface area contributed by atoms with Crippen LogP contribution in [0.2, 0.25) is 0 Å². The van der Waals surface area contributed by atoms with E-state index in [0.29, 0.717) is 35.6 Å². The molecule has 10 heteroatoms. The van der Waals surface area contributed by atoms with E-state index in [0.717, 1.165) is 0 Å². The Hall–Kier alpha value is -2.49. The van der Waals surface area contributed by atoms with Gasteiger partial charge >= 0.3 is 6.18 Å². The SMILES string of the molecule is CC/C=C(\N)OC(=N)c1nc(C(F)(F)F)sc1-c1cnc(CC)nc1. The van der Waals surface area contributed by atoms with E-state index >= 15 is 0 Å². The first-order valence-electron chi connectivity index (χ1n) is 7.37. The fourth-order valence-electron chi connectivity index (χ4n) is 1.85. The first kappa shape index (κ1) is 18.8. The van der Waals surface area contributed by atoms with E-state index in [9.17, 15) is 13.2 Å². The summed E-state index contributed by atoms with van der Waals surface area (Å²) in [6.07, 6.45) is 0.838. The maximum atomic E-state index is 13.0. The lowest BCUT2D eigenvalue weighted by Gasteiger charge is -2.06. The molecular weight excluding hydrogens is 355 g/mol. The Morgan fingerprint density at radius 1 is 1.32 bits per heavy atom. The zero-order valence-electron chi connectivity index (χ0n) is 13.5. The number of hydrogen-bond acceptors (Lipinski definition) is 7. The van der Waals surface area contributed by atoms with Crippen molar-refractivity contribution in [3.63, 3.8) is 0 Å². The van der Waals surface area contributed by atoms with Gasteiger partial charge in [-0.2, -0.15) is 13.2 Å². The molecule has 6 nitrogen and oxygen atoms in total.